The van der Waals surface area contributed by atoms with Crippen LogP contribution >= 0.6 is 0 Å². The van der Waals surface area contributed by atoms with Gasteiger partial charge < -0.3 is 22.1 Å². The van der Waals surface area contributed by atoms with Crippen LogP contribution in [-0.2, 0) is 4.79 Å². The number of anilines is 1. The van der Waals surface area contributed by atoms with Gasteiger partial charge in [0, 0.05) is 40.5 Å². The van der Waals surface area contributed by atoms with Gasteiger partial charge in [-0.05, 0) is 38.7 Å². The van der Waals surface area contributed by atoms with Crippen LogP contribution in [-0.4, -0.2) is 31.5 Å². The molecule has 3 aromatic rings. The summed E-state index contributed by atoms with van der Waals surface area (Å²) in [5, 5.41) is 6.55. The van der Waals surface area contributed by atoms with E-state index < -0.39 is 0 Å². The number of para-hydroxylation sites is 2. The number of benzene rings is 2. The van der Waals surface area contributed by atoms with Gasteiger partial charge in [-0.3, -0.25) is 9.78 Å². The number of nitrogen functional groups attached to an aromatic ring is 1. The zero-order valence-corrected chi connectivity index (χ0v) is 17.2. The van der Waals surface area contributed by atoms with Crippen molar-refractivity contribution in [1.29, 1.82) is 0 Å². The maximum Gasteiger partial charge on any atom is 0.267 e. The van der Waals surface area contributed by atoms with Crippen LogP contribution in [0.15, 0.2) is 60.4 Å². The van der Waals surface area contributed by atoms with Crippen LogP contribution in [0.1, 0.15) is 18.9 Å². The number of carbonyl (C=O) groups excluding carboxylic acids is 1. The van der Waals surface area contributed by atoms with Crippen molar-refractivity contribution in [1.82, 2.24) is 15.6 Å². The van der Waals surface area contributed by atoms with Crippen LogP contribution in [0.2, 0.25) is 0 Å². The summed E-state index contributed by atoms with van der Waals surface area (Å²) in [5.41, 5.74) is 16.4. The van der Waals surface area contributed by atoms with Gasteiger partial charge in [0.1, 0.15) is 0 Å². The molecule has 0 atom stereocenters. The van der Waals surface area contributed by atoms with Crippen LogP contribution in [0.4, 0.5) is 5.69 Å². The van der Waals surface area contributed by atoms with Crippen LogP contribution in [0.5, 0.6) is 0 Å². The Labute approximate surface area is 172 Å². The van der Waals surface area contributed by atoms with E-state index in [-0.39, 0.29) is 11.6 Å². The van der Waals surface area contributed by atoms with Gasteiger partial charge >= 0.3 is 0 Å². The van der Waals surface area contributed by atoms with Gasteiger partial charge in [-0.2, -0.15) is 0 Å². The number of nitrogens with zero attached hydrogens (tertiary/aromatic N) is 1. The fraction of sp³-hybridized carbons (Fsp3) is 0.217. The van der Waals surface area contributed by atoms with Crippen molar-refractivity contribution in [3.63, 3.8) is 0 Å². The molecule has 6 nitrogen and oxygen atoms in total. The molecular weight excluding hydrogens is 362 g/mol. The maximum absolute atomic E-state index is 12.0. The van der Waals surface area contributed by atoms with E-state index in [1.54, 1.807) is 12.3 Å². The average molecular weight is 392 g/mol. The molecule has 0 fully saturated rings. The molecule has 0 bridgehead atoms. The Morgan fingerprint density at radius 3 is 2.59 bits per heavy atom. The van der Waals surface area contributed by atoms with Crippen LogP contribution < -0.4 is 22.1 Å². The lowest BCUT2D eigenvalue weighted by Crippen LogP contribution is -2.29. The Kier molecular flexibility index (Phi) is 8.18. The molecule has 0 radical (unpaired) electrons. The molecule has 152 valence electrons. The monoisotopic (exact) mass is 391 g/mol. The molecule has 2 aromatic carbocycles. The van der Waals surface area contributed by atoms with Crippen LogP contribution in [0.25, 0.3) is 28.1 Å². The topological polar surface area (TPSA) is 106 Å². The first-order valence-electron chi connectivity index (χ1n) is 9.59. The zero-order valence-electron chi connectivity index (χ0n) is 17.2. The van der Waals surface area contributed by atoms with E-state index in [2.05, 4.69) is 21.7 Å². The Morgan fingerprint density at radius 1 is 1.14 bits per heavy atom. The van der Waals surface area contributed by atoms with Gasteiger partial charge in [0.25, 0.3) is 5.91 Å². The van der Waals surface area contributed by atoms with Gasteiger partial charge in [0.15, 0.2) is 0 Å². The van der Waals surface area contributed by atoms with E-state index in [4.69, 9.17) is 11.5 Å². The number of rotatable bonds is 5. The predicted octanol–water partition coefficient (Wildman–Crippen LogP) is 3.15. The Balaban J connectivity index is 0.000000941. The molecule has 1 heterocycles. The largest absolute Gasteiger partial charge is 0.398 e. The van der Waals surface area contributed by atoms with Gasteiger partial charge in [-0.15, -0.1) is 0 Å². The summed E-state index contributed by atoms with van der Waals surface area (Å²) in [6.45, 7) is 2.57. The van der Waals surface area contributed by atoms with Gasteiger partial charge in [-0.25, -0.2) is 0 Å². The second-order valence-corrected chi connectivity index (χ2v) is 6.58. The number of nitrogens with two attached hydrogens (primary N) is 2. The molecule has 6 heteroatoms. The molecular formula is C23H29N5O. The van der Waals surface area contributed by atoms with E-state index >= 15 is 0 Å². The summed E-state index contributed by atoms with van der Waals surface area (Å²) in [6.07, 6.45) is 4.27. The van der Waals surface area contributed by atoms with Crippen molar-refractivity contribution < 1.29 is 4.79 Å². The molecule has 0 aliphatic rings. The molecule has 0 saturated carbocycles. The lowest BCUT2D eigenvalue weighted by atomic mass is 9.99. The van der Waals surface area contributed by atoms with Crippen LogP contribution in [0, 0.1) is 0 Å². The van der Waals surface area contributed by atoms with Crippen molar-refractivity contribution in [2.24, 2.45) is 5.73 Å². The first kappa shape index (κ1) is 21.9. The molecule has 3 rings (SSSR count). The lowest BCUT2D eigenvalue weighted by Gasteiger charge is -2.10. The lowest BCUT2D eigenvalue weighted by molar-refractivity contribution is -0.117. The van der Waals surface area contributed by atoms with Crippen molar-refractivity contribution in [3.05, 3.63) is 66.0 Å². The van der Waals surface area contributed by atoms with Gasteiger partial charge in [0.2, 0.25) is 0 Å². The normalized spacial score (nSPS) is 10.9. The summed E-state index contributed by atoms with van der Waals surface area (Å²) >= 11 is 0. The van der Waals surface area contributed by atoms with Crippen molar-refractivity contribution in [2.45, 2.75) is 13.3 Å². The molecule has 0 spiro atoms. The maximum atomic E-state index is 12.0. The molecule has 1 amide bonds. The number of hydrogen-bond acceptors (Lipinski definition) is 5. The summed E-state index contributed by atoms with van der Waals surface area (Å²) in [6, 6.07) is 15.6. The minimum Gasteiger partial charge on any atom is -0.398 e. The standard InChI is InChI=1S/C21H22N4O.C2H7N/c1-2-10-24-21(26)18(22)12-15-7-5-8-17(20(15)23)16-11-14-6-3-4-9-19(14)25-13-16;1-3-2/h3-9,11-13H,2,10,22-23H2,1H3,(H,24,26);3H,1-2H3/b18-12-;. The van der Waals surface area contributed by atoms with Crippen molar-refractivity contribution in [2.75, 3.05) is 26.4 Å². The zero-order chi connectivity index (χ0) is 21.2. The fourth-order valence-electron chi connectivity index (χ4n) is 2.75. The molecule has 0 aliphatic heterocycles. The third kappa shape index (κ3) is 5.80. The third-order valence-electron chi connectivity index (χ3n) is 4.15. The van der Waals surface area contributed by atoms with Gasteiger partial charge in [0.05, 0.1) is 11.2 Å². The smallest absolute Gasteiger partial charge is 0.267 e. The van der Waals surface area contributed by atoms with E-state index in [9.17, 15) is 4.79 Å². The highest BCUT2D eigenvalue weighted by Crippen LogP contribution is 2.30. The fourth-order valence-corrected chi connectivity index (χ4v) is 2.75. The third-order valence-corrected chi connectivity index (χ3v) is 4.15. The molecule has 0 aliphatic carbocycles. The number of amides is 1. The molecule has 6 N–H and O–H groups in total. The highest BCUT2D eigenvalue weighted by molar-refractivity contribution is 5.98. The summed E-state index contributed by atoms with van der Waals surface area (Å²) in [5.74, 6) is -0.288. The van der Waals surface area contributed by atoms with E-state index in [1.165, 1.54) is 0 Å². The SMILES string of the molecule is CCCNC(=O)/C(N)=C/c1cccc(-c2cnc3ccccc3c2)c1N.CNC. The summed E-state index contributed by atoms with van der Waals surface area (Å²) in [7, 11) is 3.75. The van der Waals surface area contributed by atoms with E-state index in [0.29, 0.717) is 17.8 Å². The first-order chi connectivity index (χ1) is 14.0. The highest BCUT2D eigenvalue weighted by Gasteiger charge is 2.10. The first-order valence-corrected chi connectivity index (χ1v) is 9.59. The minimum atomic E-state index is -0.288. The number of hydrogen-bond donors (Lipinski definition) is 4. The van der Waals surface area contributed by atoms with E-state index in [0.717, 1.165) is 28.5 Å². The Morgan fingerprint density at radius 2 is 1.86 bits per heavy atom. The predicted molar refractivity (Wildman–Crippen MR) is 122 cm³/mol. The summed E-state index contributed by atoms with van der Waals surface area (Å²) in [4.78, 5) is 16.5. The number of nitrogens with one attached hydrogen (secondary N) is 2. The van der Waals surface area contributed by atoms with E-state index in [1.807, 2.05) is 63.5 Å². The van der Waals surface area contributed by atoms with Crippen LogP contribution in [0.3, 0.4) is 0 Å². The molecule has 0 unspecified atom stereocenters. The number of aromatic nitrogens is 1. The highest BCUT2D eigenvalue weighted by atomic mass is 16.1. The second-order valence-electron chi connectivity index (χ2n) is 6.58. The Bertz CT molecular complexity index is 997. The average Bonchev–Trinajstić information content (AvgIpc) is 2.73. The number of fused-ring (bicyclic) bond motifs is 1. The number of pyridine rings is 1. The number of carbonyl (C=O) groups is 1. The molecule has 0 saturated heterocycles. The van der Waals surface area contributed by atoms with Crippen molar-refractivity contribution >= 4 is 28.6 Å². The quantitative estimate of drug-likeness (QED) is 0.395. The second kappa shape index (κ2) is 10.8. The molecule has 1 aromatic heterocycles. The van der Waals surface area contributed by atoms with Crippen molar-refractivity contribution in [3.8, 4) is 11.1 Å². The summed E-state index contributed by atoms with van der Waals surface area (Å²) < 4.78 is 0. The minimum absolute atomic E-state index is 0.138. The Hall–Kier alpha value is -3.38. The molecule has 29 heavy (non-hydrogen) atoms. The van der Waals surface area contributed by atoms with Gasteiger partial charge in [-0.1, -0.05) is 43.3 Å².